The molecule has 4 rings (SSSR count). The molecule has 146 valence electrons. The van der Waals surface area contributed by atoms with E-state index >= 15 is 0 Å². The number of hydrogen-bond donors (Lipinski definition) is 0. The number of hydrogen-bond acceptors (Lipinski definition) is 5. The van der Waals surface area contributed by atoms with Gasteiger partial charge >= 0.3 is 5.97 Å². The summed E-state index contributed by atoms with van der Waals surface area (Å²) in [6, 6.07) is 18.5. The van der Waals surface area contributed by atoms with Gasteiger partial charge in [-0.1, -0.05) is 60.7 Å². The third-order valence-electron chi connectivity index (χ3n) is 4.86. The van der Waals surface area contributed by atoms with Gasteiger partial charge in [0.25, 0.3) is 5.56 Å². The van der Waals surface area contributed by atoms with Gasteiger partial charge in [-0.2, -0.15) is 0 Å². The molecule has 2 aromatic heterocycles. The second kappa shape index (κ2) is 8.01. The van der Waals surface area contributed by atoms with E-state index in [1.165, 1.54) is 22.2 Å². The summed E-state index contributed by atoms with van der Waals surface area (Å²) in [5, 5.41) is 0.545. The number of carbonyl (C=O) groups is 1. The predicted molar refractivity (Wildman–Crippen MR) is 115 cm³/mol. The summed E-state index contributed by atoms with van der Waals surface area (Å²) in [6.07, 6.45) is 1.43. The summed E-state index contributed by atoms with van der Waals surface area (Å²) >= 11 is 1.48. The molecule has 29 heavy (non-hydrogen) atoms. The largest absolute Gasteiger partial charge is 0.459 e. The third kappa shape index (κ3) is 3.71. The zero-order valence-electron chi connectivity index (χ0n) is 16.2. The second-order valence-electron chi connectivity index (χ2n) is 6.81. The number of fused-ring (bicyclic) bond motifs is 1. The molecular weight excluding hydrogens is 384 g/mol. The molecule has 1 atom stereocenters. The summed E-state index contributed by atoms with van der Waals surface area (Å²) < 4.78 is 6.76. The molecule has 5 nitrogen and oxygen atoms in total. The van der Waals surface area contributed by atoms with Crippen LogP contribution in [-0.2, 0) is 16.1 Å². The van der Waals surface area contributed by atoms with Gasteiger partial charge in [-0.25, -0.2) is 9.78 Å². The van der Waals surface area contributed by atoms with Gasteiger partial charge in [-0.3, -0.25) is 9.36 Å². The van der Waals surface area contributed by atoms with Crippen molar-refractivity contribution in [1.29, 1.82) is 0 Å². The second-order valence-corrected chi connectivity index (χ2v) is 8.01. The Morgan fingerprint density at radius 1 is 1.10 bits per heavy atom. The first-order chi connectivity index (χ1) is 14.1. The Bertz CT molecular complexity index is 1210. The van der Waals surface area contributed by atoms with E-state index in [2.05, 4.69) is 4.98 Å². The predicted octanol–water partition coefficient (Wildman–Crippen LogP) is 4.74. The molecule has 2 heterocycles. The van der Waals surface area contributed by atoms with Gasteiger partial charge in [0.15, 0.2) is 0 Å². The lowest BCUT2D eigenvalue weighted by Gasteiger charge is -2.14. The molecule has 4 aromatic rings. The van der Waals surface area contributed by atoms with Crippen molar-refractivity contribution in [2.45, 2.75) is 26.5 Å². The number of thiophene rings is 1. The lowest BCUT2D eigenvalue weighted by atomic mass is 10.0. The number of aryl methyl sites for hydroxylation is 1. The molecule has 2 aromatic carbocycles. The minimum atomic E-state index is -0.771. The van der Waals surface area contributed by atoms with Crippen LogP contribution in [0.15, 0.2) is 71.8 Å². The maximum absolute atomic E-state index is 13.3. The molecule has 0 saturated heterocycles. The van der Waals surface area contributed by atoms with E-state index in [4.69, 9.17) is 4.74 Å². The van der Waals surface area contributed by atoms with Gasteiger partial charge in [0, 0.05) is 10.4 Å². The van der Waals surface area contributed by atoms with Crippen molar-refractivity contribution in [3.8, 4) is 11.1 Å². The van der Waals surface area contributed by atoms with Crippen LogP contribution in [0, 0.1) is 6.92 Å². The Morgan fingerprint density at radius 3 is 2.45 bits per heavy atom. The lowest BCUT2D eigenvalue weighted by molar-refractivity contribution is -0.148. The molecule has 6 heteroatoms. The SMILES string of the molecule is Cc1sc2ncn([C@H](C)C(=O)OCc3ccccc3)c(=O)c2c1-c1ccccc1. The summed E-state index contributed by atoms with van der Waals surface area (Å²) in [4.78, 5) is 32.0. The van der Waals surface area contributed by atoms with Crippen molar-refractivity contribution in [2.75, 3.05) is 0 Å². The van der Waals surface area contributed by atoms with Crippen molar-refractivity contribution in [2.24, 2.45) is 0 Å². The number of ether oxygens (including phenoxy) is 1. The number of carbonyl (C=O) groups excluding carboxylic acids is 1. The van der Waals surface area contributed by atoms with Crippen molar-refractivity contribution >= 4 is 27.5 Å². The average molecular weight is 404 g/mol. The fourth-order valence-electron chi connectivity index (χ4n) is 3.31. The Hall–Kier alpha value is -3.25. The van der Waals surface area contributed by atoms with Crippen molar-refractivity contribution in [3.63, 3.8) is 0 Å². The summed E-state index contributed by atoms with van der Waals surface area (Å²) in [7, 11) is 0. The number of esters is 1. The first-order valence-corrected chi connectivity index (χ1v) is 10.1. The Balaban J connectivity index is 1.68. The zero-order chi connectivity index (χ0) is 20.4. The van der Waals surface area contributed by atoms with Gasteiger partial charge in [0.1, 0.15) is 17.5 Å². The molecule has 0 bridgehead atoms. The van der Waals surface area contributed by atoms with Crippen LogP contribution in [0.1, 0.15) is 23.4 Å². The maximum Gasteiger partial charge on any atom is 0.329 e. The average Bonchev–Trinajstić information content (AvgIpc) is 3.10. The van der Waals surface area contributed by atoms with Crippen LogP contribution in [0.3, 0.4) is 0 Å². The summed E-state index contributed by atoms with van der Waals surface area (Å²) in [5.41, 5.74) is 2.51. The fourth-order valence-corrected chi connectivity index (χ4v) is 4.31. The number of benzene rings is 2. The quantitative estimate of drug-likeness (QED) is 0.451. The van der Waals surface area contributed by atoms with Gasteiger partial charge in [0.2, 0.25) is 0 Å². The molecule has 0 spiro atoms. The smallest absolute Gasteiger partial charge is 0.329 e. The van der Waals surface area contributed by atoms with Crippen LogP contribution in [-0.4, -0.2) is 15.5 Å². The van der Waals surface area contributed by atoms with E-state index in [1.54, 1.807) is 6.92 Å². The standard InChI is InChI=1S/C23H20N2O3S/c1-15(23(27)28-13-17-9-5-3-6-10-17)25-14-24-21-20(22(25)26)19(16(2)29-21)18-11-7-4-8-12-18/h3-12,14-15H,13H2,1-2H3/t15-/m1/s1. The van der Waals surface area contributed by atoms with Crippen LogP contribution >= 0.6 is 11.3 Å². The molecule has 0 saturated carbocycles. The van der Waals surface area contributed by atoms with E-state index in [0.29, 0.717) is 10.2 Å². The highest BCUT2D eigenvalue weighted by Gasteiger charge is 2.22. The van der Waals surface area contributed by atoms with Crippen molar-refractivity contribution in [3.05, 3.63) is 87.8 Å². The van der Waals surface area contributed by atoms with E-state index in [0.717, 1.165) is 21.6 Å². The Morgan fingerprint density at radius 2 is 1.76 bits per heavy atom. The molecule has 0 amide bonds. The molecule has 0 radical (unpaired) electrons. The van der Waals surface area contributed by atoms with E-state index in [1.807, 2.05) is 67.6 Å². The third-order valence-corrected chi connectivity index (χ3v) is 5.87. The molecule has 0 aliphatic carbocycles. The van der Waals surface area contributed by atoms with Gasteiger partial charge in [-0.05, 0) is 25.0 Å². The van der Waals surface area contributed by atoms with Crippen LogP contribution in [0.5, 0.6) is 0 Å². The Kier molecular flexibility index (Phi) is 5.27. The molecule has 0 aliphatic heterocycles. The van der Waals surface area contributed by atoms with Crippen LogP contribution in [0.4, 0.5) is 0 Å². The van der Waals surface area contributed by atoms with Gasteiger partial charge in [0.05, 0.1) is 11.7 Å². The number of nitrogens with zero attached hydrogens (tertiary/aromatic N) is 2. The number of aromatic nitrogens is 2. The fraction of sp³-hybridized carbons (Fsp3) is 0.174. The molecule has 0 fully saturated rings. The van der Waals surface area contributed by atoms with Crippen LogP contribution in [0.25, 0.3) is 21.3 Å². The normalized spacial score (nSPS) is 12.1. The molecular formula is C23H20N2O3S. The zero-order valence-corrected chi connectivity index (χ0v) is 17.0. The van der Waals surface area contributed by atoms with Crippen molar-refractivity contribution < 1.29 is 9.53 Å². The topological polar surface area (TPSA) is 61.2 Å². The highest BCUT2D eigenvalue weighted by molar-refractivity contribution is 7.19. The minimum Gasteiger partial charge on any atom is -0.459 e. The van der Waals surface area contributed by atoms with Crippen molar-refractivity contribution in [1.82, 2.24) is 9.55 Å². The van der Waals surface area contributed by atoms with E-state index in [-0.39, 0.29) is 12.2 Å². The van der Waals surface area contributed by atoms with E-state index in [9.17, 15) is 9.59 Å². The summed E-state index contributed by atoms with van der Waals surface area (Å²) in [5.74, 6) is -0.467. The van der Waals surface area contributed by atoms with Crippen LogP contribution < -0.4 is 5.56 Å². The van der Waals surface area contributed by atoms with Crippen LogP contribution in [0.2, 0.25) is 0 Å². The van der Waals surface area contributed by atoms with E-state index < -0.39 is 12.0 Å². The molecule has 0 aliphatic rings. The monoisotopic (exact) mass is 404 g/mol. The number of rotatable bonds is 5. The minimum absolute atomic E-state index is 0.168. The van der Waals surface area contributed by atoms with Gasteiger partial charge in [-0.15, -0.1) is 11.3 Å². The Labute approximate surface area is 172 Å². The highest BCUT2D eigenvalue weighted by atomic mass is 32.1. The maximum atomic E-state index is 13.3. The van der Waals surface area contributed by atoms with Gasteiger partial charge < -0.3 is 4.74 Å². The summed E-state index contributed by atoms with van der Waals surface area (Å²) in [6.45, 7) is 3.81. The lowest BCUT2D eigenvalue weighted by Crippen LogP contribution is -2.29. The highest BCUT2D eigenvalue weighted by Crippen LogP contribution is 2.35. The first-order valence-electron chi connectivity index (χ1n) is 9.32. The first kappa shape index (κ1) is 19.1. The molecule has 0 N–H and O–H groups in total. The molecule has 0 unspecified atom stereocenters.